The quantitative estimate of drug-likeness (QED) is 0.677. The number of benzene rings is 1. The molecule has 1 aliphatic heterocycles. The Bertz CT molecular complexity index is 582. The van der Waals surface area contributed by atoms with Crippen LogP contribution in [0.25, 0.3) is 6.08 Å². The third kappa shape index (κ3) is 4.45. The summed E-state index contributed by atoms with van der Waals surface area (Å²) in [7, 11) is 0. The lowest BCUT2D eigenvalue weighted by Gasteiger charge is -2.30. The van der Waals surface area contributed by atoms with Crippen LogP contribution in [0.1, 0.15) is 18.4 Å². The second-order valence-corrected chi connectivity index (χ2v) is 5.22. The van der Waals surface area contributed by atoms with Gasteiger partial charge in [0.25, 0.3) is 0 Å². The highest BCUT2D eigenvalue weighted by molar-refractivity contribution is 5.92. The van der Waals surface area contributed by atoms with E-state index in [2.05, 4.69) is 5.32 Å². The zero-order valence-electron chi connectivity index (χ0n) is 12.4. The van der Waals surface area contributed by atoms with Crippen LogP contribution in [0.15, 0.2) is 36.4 Å². The van der Waals surface area contributed by atoms with Crippen molar-refractivity contribution in [1.29, 1.82) is 5.26 Å². The lowest BCUT2D eigenvalue weighted by Crippen LogP contribution is -2.42. The van der Waals surface area contributed by atoms with Gasteiger partial charge in [-0.05, 0) is 24.5 Å². The van der Waals surface area contributed by atoms with Crippen LogP contribution in [0.4, 0.5) is 0 Å². The molecule has 2 amide bonds. The Hall–Kier alpha value is -2.61. The lowest BCUT2D eigenvalue weighted by molar-refractivity contribution is -0.132. The number of nitrogens with one attached hydrogen (secondary N) is 1. The van der Waals surface area contributed by atoms with Gasteiger partial charge in [0, 0.05) is 25.1 Å². The van der Waals surface area contributed by atoms with Crippen LogP contribution < -0.4 is 5.32 Å². The molecule has 114 valence electrons. The van der Waals surface area contributed by atoms with Crippen LogP contribution in [0, 0.1) is 17.2 Å². The second-order valence-electron chi connectivity index (χ2n) is 5.22. The number of hydrogen-bond donors (Lipinski definition) is 1. The zero-order valence-corrected chi connectivity index (χ0v) is 12.4. The van der Waals surface area contributed by atoms with Crippen molar-refractivity contribution in [2.24, 2.45) is 5.92 Å². The topological polar surface area (TPSA) is 73.2 Å². The van der Waals surface area contributed by atoms with Gasteiger partial charge in [-0.2, -0.15) is 5.26 Å². The molecule has 5 nitrogen and oxygen atoms in total. The first-order valence-electron chi connectivity index (χ1n) is 7.37. The minimum absolute atomic E-state index is 0.0280. The summed E-state index contributed by atoms with van der Waals surface area (Å²) in [5, 5.41) is 11.0. The van der Waals surface area contributed by atoms with Crippen molar-refractivity contribution in [2.75, 3.05) is 19.6 Å². The molecular formula is C17H19N3O2. The maximum atomic E-state index is 12.1. The van der Waals surface area contributed by atoms with E-state index in [9.17, 15) is 9.59 Å². The van der Waals surface area contributed by atoms with Crippen LogP contribution in [-0.2, 0) is 9.59 Å². The molecule has 1 aromatic carbocycles. The molecule has 0 atom stereocenters. The van der Waals surface area contributed by atoms with Gasteiger partial charge in [0.15, 0.2) is 0 Å². The molecule has 0 spiro atoms. The summed E-state index contributed by atoms with van der Waals surface area (Å²) in [6.45, 7) is 1.18. The fraction of sp³-hybridized carbons (Fsp3) is 0.353. The second kappa shape index (κ2) is 7.99. The summed E-state index contributed by atoms with van der Waals surface area (Å²) in [4.78, 5) is 25.6. The molecule has 0 aromatic heterocycles. The first-order valence-corrected chi connectivity index (χ1v) is 7.37. The fourth-order valence-electron chi connectivity index (χ4n) is 2.47. The van der Waals surface area contributed by atoms with E-state index >= 15 is 0 Å². The zero-order chi connectivity index (χ0) is 15.8. The van der Waals surface area contributed by atoms with Gasteiger partial charge in [-0.3, -0.25) is 9.59 Å². The minimum Gasteiger partial charge on any atom is -0.343 e. The molecule has 1 fully saturated rings. The SMILES string of the molecule is N#CCNC(=O)C1CCN(C(=O)/C=C\c2ccccc2)CC1. The largest absolute Gasteiger partial charge is 0.343 e. The molecule has 0 saturated carbocycles. The number of hydrogen-bond acceptors (Lipinski definition) is 3. The van der Waals surface area contributed by atoms with Crippen molar-refractivity contribution < 1.29 is 9.59 Å². The molecule has 22 heavy (non-hydrogen) atoms. The normalized spacial score (nSPS) is 15.5. The van der Waals surface area contributed by atoms with Crippen LogP contribution in [-0.4, -0.2) is 36.3 Å². The van der Waals surface area contributed by atoms with Gasteiger partial charge in [-0.25, -0.2) is 0 Å². The van der Waals surface area contributed by atoms with E-state index in [4.69, 9.17) is 5.26 Å². The smallest absolute Gasteiger partial charge is 0.246 e. The molecule has 0 unspecified atom stereocenters. The Morgan fingerprint density at radius 2 is 1.95 bits per heavy atom. The maximum Gasteiger partial charge on any atom is 0.246 e. The highest BCUT2D eigenvalue weighted by Crippen LogP contribution is 2.17. The molecule has 5 heteroatoms. The molecule has 1 heterocycles. The molecule has 0 aliphatic carbocycles. The number of nitrogens with zero attached hydrogens (tertiary/aromatic N) is 2. The monoisotopic (exact) mass is 297 g/mol. The number of amides is 2. The van der Waals surface area contributed by atoms with E-state index in [1.165, 1.54) is 0 Å². The van der Waals surface area contributed by atoms with Crippen LogP contribution in [0.2, 0.25) is 0 Å². The number of rotatable bonds is 4. The number of carbonyl (C=O) groups excluding carboxylic acids is 2. The van der Waals surface area contributed by atoms with E-state index in [-0.39, 0.29) is 24.3 Å². The van der Waals surface area contributed by atoms with Gasteiger partial charge < -0.3 is 10.2 Å². The Kier molecular flexibility index (Phi) is 5.73. The molecule has 0 radical (unpaired) electrons. The van der Waals surface area contributed by atoms with Crippen LogP contribution >= 0.6 is 0 Å². The van der Waals surface area contributed by atoms with Crippen molar-refractivity contribution in [3.63, 3.8) is 0 Å². The Morgan fingerprint density at radius 3 is 2.59 bits per heavy atom. The van der Waals surface area contributed by atoms with Gasteiger partial charge in [-0.1, -0.05) is 30.3 Å². The first-order chi connectivity index (χ1) is 10.7. The van der Waals surface area contributed by atoms with Crippen LogP contribution in [0.3, 0.4) is 0 Å². The predicted molar refractivity (Wildman–Crippen MR) is 83.4 cm³/mol. The molecule has 1 aromatic rings. The van der Waals surface area contributed by atoms with Gasteiger partial charge in [0.1, 0.15) is 6.54 Å². The molecule has 0 bridgehead atoms. The van der Waals surface area contributed by atoms with Crippen molar-refractivity contribution in [3.8, 4) is 6.07 Å². The summed E-state index contributed by atoms with van der Waals surface area (Å²) in [5.74, 6) is -0.219. The van der Waals surface area contributed by atoms with Gasteiger partial charge in [0.05, 0.1) is 6.07 Å². The van der Waals surface area contributed by atoms with Crippen molar-refractivity contribution in [2.45, 2.75) is 12.8 Å². The molecule has 1 saturated heterocycles. The third-order valence-electron chi connectivity index (χ3n) is 3.74. The molecule has 1 N–H and O–H groups in total. The highest BCUT2D eigenvalue weighted by atomic mass is 16.2. The predicted octanol–water partition coefficient (Wildman–Crippen LogP) is 1.58. The van der Waals surface area contributed by atoms with E-state index in [0.29, 0.717) is 25.9 Å². The van der Waals surface area contributed by atoms with Crippen molar-refractivity contribution in [3.05, 3.63) is 42.0 Å². The van der Waals surface area contributed by atoms with E-state index in [1.54, 1.807) is 17.1 Å². The molecule has 2 rings (SSSR count). The first kappa shape index (κ1) is 15.8. The number of nitriles is 1. The Labute approximate surface area is 130 Å². The highest BCUT2D eigenvalue weighted by Gasteiger charge is 2.26. The van der Waals surface area contributed by atoms with Gasteiger partial charge in [-0.15, -0.1) is 0 Å². The Balaban J connectivity index is 1.81. The van der Waals surface area contributed by atoms with E-state index in [0.717, 1.165) is 5.56 Å². The number of piperidine rings is 1. The van der Waals surface area contributed by atoms with E-state index in [1.807, 2.05) is 36.4 Å². The minimum atomic E-state index is -0.101. The fourth-order valence-corrected chi connectivity index (χ4v) is 2.47. The summed E-state index contributed by atoms with van der Waals surface area (Å²) >= 11 is 0. The average Bonchev–Trinajstić information content (AvgIpc) is 2.58. The summed E-state index contributed by atoms with van der Waals surface area (Å²) in [5.41, 5.74) is 0.988. The van der Waals surface area contributed by atoms with Crippen molar-refractivity contribution in [1.82, 2.24) is 10.2 Å². The van der Waals surface area contributed by atoms with E-state index < -0.39 is 0 Å². The number of carbonyl (C=O) groups is 2. The molecule has 1 aliphatic rings. The Morgan fingerprint density at radius 1 is 1.27 bits per heavy atom. The third-order valence-corrected chi connectivity index (χ3v) is 3.74. The average molecular weight is 297 g/mol. The standard InChI is InChI=1S/C17H19N3O2/c18-10-11-19-17(22)15-8-12-20(13-9-15)16(21)7-6-14-4-2-1-3-5-14/h1-7,15H,8-9,11-13H2,(H,19,22)/b7-6-. The summed E-state index contributed by atoms with van der Waals surface area (Å²) in [6.07, 6.45) is 4.66. The summed E-state index contributed by atoms with van der Waals surface area (Å²) < 4.78 is 0. The molecular weight excluding hydrogens is 278 g/mol. The summed E-state index contributed by atoms with van der Waals surface area (Å²) in [6, 6.07) is 11.6. The lowest BCUT2D eigenvalue weighted by atomic mass is 9.96. The number of likely N-dealkylation sites (tertiary alicyclic amines) is 1. The van der Waals surface area contributed by atoms with Crippen molar-refractivity contribution >= 4 is 17.9 Å². The van der Waals surface area contributed by atoms with Crippen LogP contribution in [0.5, 0.6) is 0 Å². The van der Waals surface area contributed by atoms with Gasteiger partial charge in [0.2, 0.25) is 11.8 Å². The maximum absolute atomic E-state index is 12.1. The van der Waals surface area contributed by atoms with Gasteiger partial charge >= 0.3 is 0 Å².